The van der Waals surface area contributed by atoms with Crippen molar-refractivity contribution < 1.29 is 4.39 Å². The first kappa shape index (κ1) is 16.3. The molecule has 0 heterocycles. The summed E-state index contributed by atoms with van der Waals surface area (Å²) >= 11 is 5.97. The molecule has 0 atom stereocenters. The van der Waals surface area contributed by atoms with Crippen molar-refractivity contribution in [2.75, 3.05) is 18.9 Å². The van der Waals surface area contributed by atoms with Crippen LogP contribution in [0, 0.1) is 12.7 Å². The smallest absolute Gasteiger partial charge is 0.127 e. The fraction of sp³-hybridized carbons (Fsp3) is 0.235. The Bertz CT molecular complexity index is 686. The van der Waals surface area contributed by atoms with Crippen molar-refractivity contribution in [2.45, 2.75) is 13.8 Å². The zero-order chi connectivity index (χ0) is 16.1. The van der Waals surface area contributed by atoms with Crippen LogP contribution in [-0.2, 0) is 0 Å². The highest BCUT2D eigenvalue weighted by Gasteiger charge is 2.07. The molecule has 1 N–H and O–H groups in total. The quantitative estimate of drug-likeness (QED) is 0.610. The third-order valence-electron chi connectivity index (χ3n) is 3.34. The molecule has 0 radical (unpaired) electrons. The molecule has 0 saturated heterocycles. The van der Waals surface area contributed by atoms with Crippen LogP contribution < -0.4 is 5.32 Å². The fourth-order valence-corrected chi connectivity index (χ4v) is 2.08. The van der Waals surface area contributed by atoms with Gasteiger partial charge in [-0.3, -0.25) is 0 Å². The second kappa shape index (κ2) is 7.27. The van der Waals surface area contributed by atoms with Crippen LogP contribution in [0.1, 0.15) is 12.5 Å². The second-order valence-corrected chi connectivity index (χ2v) is 5.49. The van der Waals surface area contributed by atoms with E-state index in [1.54, 1.807) is 18.5 Å². The Morgan fingerprint density at radius 2 is 2.09 bits per heavy atom. The standard InChI is InChI=1S/C17H19ClFN3/c1-4-22(3)11-20-16-9-14(19)10-17(12(16)2)21-15-7-5-6-13(18)8-15/h5-11,21H,4H2,1-3H3/b20-11-. The predicted octanol–water partition coefficient (Wildman–Crippen LogP) is 5.14. The average Bonchev–Trinajstić information content (AvgIpc) is 2.48. The summed E-state index contributed by atoms with van der Waals surface area (Å²) in [5, 5.41) is 3.81. The first-order chi connectivity index (χ1) is 10.5. The molecule has 2 rings (SSSR count). The molecule has 116 valence electrons. The van der Waals surface area contributed by atoms with E-state index in [9.17, 15) is 4.39 Å². The van der Waals surface area contributed by atoms with Crippen molar-refractivity contribution in [3.05, 3.63) is 52.8 Å². The van der Waals surface area contributed by atoms with Crippen LogP contribution in [0.3, 0.4) is 0 Å². The molecular formula is C17H19ClFN3. The number of rotatable bonds is 5. The zero-order valence-electron chi connectivity index (χ0n) is 12.9. The molecule has 3 nitrogen and oxygen atoms in total. The normalized spacial score (nSPS) is 11.0. The Balaban J connectivity index is 2.32. The van der Waals surface area contributed by atoms with Crippen LogP contribution in [0.15, 0.2) is 41.4 Å². The summed E-state index contributed by atoms with van der Waals surface area (Å²) in [6.45, 7) is 4.77. The van der Waals surface area contributed by atoms with E-state index in [-0.39, 0.29) is 5.82 Å². The third kappa shape index (κ3) is 4.21. The van der Waals surface area contributed by atoms with Crippen molar-refractivity contribution in [3.8, 4) is 0 Å². The number of hydrogen-bond acceptors (Lipinski definition) is 2. The second-order valence-electron chi connectivity index (χ2n) is 5.05. The molecule has 0 unspecified atom stereocenters. The topological polar surface area (TPSA) is 27.6 Å². The lowest BCUT2D eigenvalue weighted by molar-refractivity contribution is 0.552. The minimum atomic E-state index is -0.332. The maximum Gasteiger partial charge on any atom is 0.127 e. The number of nitrogens with zero attached hydrogens (tertiary/aromatic N) is 2. The number of aliphatic imine (C=N–C) groups is 1. The van der Waals surface area contributed by atoms with E-state index >= 15 is 0 Å². The lowest BCUT2D eigenvalue weighted by atomic mass is 10.1. The van der Waals surface area contributed by atoms with E-state index in [2.05, 4.69) is 10.3 Å². The predicted molar refractivity (Wildman–Crippen MR) is 92.3 cm³/mol. The highest BCUT2D eigenvalue weighted by molar-refractivity contribution is 6.30. The summed E-state index contributed by atoms with van der Waals surface area (Å²) in [5.41, 5.74) is 2.96. The van der Waals surface area contributed by atoms with Crippen LogP contribution in [0.5, 0.6) is 0 Å². The molecule has 0 fully saturated rings. The van der Waals surface area contributed by atoms with E-state index in [0.717, 1.165) is 17.8 Å². The number of anilines is 2. The van der Waals surface area contributed by atoms with Crippen LogP contribution in [-0.4, -0.2) is 24.8 Å². The van der Waals surface area contributed by atoms with Gasteiger partial charge in [0.1, 0.15) is 5.82 Å². The monoisotopic (exact) mass is 319 g/mol. The Hall–Kier alpha value is -2.07. The van der Waals surface area contributed by atoms with E-state index in [1.165, 1.54) is 12.1 Å². The van der Waals surface area contributed by atoms with Gasteiger partial charge in [0.05, 0.1) is 12.0 Å². The molecule has 0 bridgehead atoms. The highest BCUT2D eigenvalue weighted by atomic mass is 35.5. The van der Waals surface area contributed by atoms with Gasteiger partial charge in [-0.05, 0) is 49.7 Å². The Morgan fingerprint density at radius 1 is 1.32 bits per heavy atom. The van der Waals surface area contributed by atoms with Crippen LogP contribution in [0.2, 0.25) is 5.02 Å². The van der Waals surface area contributed by atoms with Gasteiger partial charge in [-0.2, -0.15) is 0 Å². The first-order valence-electron chi connectivity index (χ1n) is 7.06. The molecule has 2 aromatic rings. The third-order valence-corrected chi connectivity index (χ3v) is 3.58. The molecule has 0 aromatic heterocycles. The van der Waals surface area contributed by atoms with Crippen molar-refractivity contribution in [3.63, 3.8) is 0 Å². The van der Waals surface area contributed by atoms with Crippen molar-refractivity contribution in [1.29, 1.82) is 0 Å². The Kier molecular flexibility index (Phi) is 5.39. The summed E-state index contributed by atoms with van der Waals surface area (Å²) in [5.74, 6) is -0.332. The number of nitrogens with one attached hydrogen (secondary N) is 1. The summed E-state index contributed by atoms with van der Waals surface area (Å²) in [6.07, 6.45) is 1.70. The van der Waals surface area contributed by atoms with Crippen LogP contribution in [0.25, 0.3) is 0 Å². The maximum atomic E-state index is 13.8. The molecular weight excluding hydrogens is 301 g/mol. The molecule has 0 aliphatic rings. The van der Waals surface area contributed by atoms with Gasteiger partial charge < -0.3 is 10.2 Å². The van der Waals surface area contributed by atoms with E-state index < -0.39 is 0 Å². The molecule has 5 heteroatoms. The molecule has 0 amide bonds. The molecule has 22 heavy (non-hydrogen) atoms. The molecule has 0 aliphatic heterocycles. The Labute approximate surface area is 135 Å². The van der Waals surface area contributed by atoms with Crippen LogP contribution >= 0.6 is 11.6 Å². The van der Waals surface area contributed by atoms with Crippen LogP contribution in [0.4, 0.5) is 21.5 Å². The zero-order valence-corrected chi connectivity index (χ0v) is 13.7. The number of benzene rings is 2. The first-order valence-corrected chi connectivity index (χ1v) is 7.44. The van der Waals surface area contributed by atoms with Crippen molar-refractivity contribution in [1.82, 2.24) is 4.90 Å². The van der Waals surface area contributed by atoms with Gasteiger partial charge in [0.15, 0.2) is 0 Å². The SMILES string of the molecule is CCN(C)/C=N\c1cc(F)cc(Nc2cccc(Cl)c2)c1C. The van der Waals surface area contributed by atoms with Gasteiger partial charge in [0, 0.05) is 30.0 Å². The average molecular weight is 320 g/mol. The molecule has 0 spiro atoms. The fourth-order valence-electron chi connectivity index (χ4n) is 1.89. The van der Waals surface area contributed by atoms with Gasteiger partial charge in [0.2, 0.25) is 0 Å². The highest BCUT2D eigenvalue weighted by Crippen LogP contribution is 2.30. The van der Waals surface area contributed by atoms with Crippen molar-refractivity contribution >= 4 is 35.0 Å². The van der Waals surface area contributed by atoms with Crippen molar-refractivity contribution in [2.24, 2.45) is 4.99 Å². The number of halogens is 2. The molecule has 0 aliphatic carbocycles. The minimum Gasteiger partial charge on any atom is -0.366 e. The van der Waals surface area contributed by atoms with E-state index in [0.29, 0.717) is 16.4 Å². The van der Waals surface area contributed by atoms with Gasteiger partial charge in [0.25, 0.3) is 0 Å². The van der Waals surface area contributed by atoms with Gasteiger partial charge in [-0.15, -0.1) is 0 Å². The molecule has 2 aromatic carbocycles. The maximum absolute atomic E-state index is 13.8. The molecule has 0 saturated carbocycles. The van der Waals surface area contributed by atoms with E-state index in [1.807, 2.05) is 37.9 Å². The summed E-state index contributed by atoms with van der Waals surface area (Å²) in [7, 11) is 1.92. The lowest BCUT2D eigenvalue weighted by Gasteiger charge is -2.13. The number of hydrogen-bond donors (Lipinski definition) is 1. The Morgan fingerprint density at radius 3 is 2.77 bits per heavy atom. The summed E-state index contributed by atoms with van der Waals surface area (Å²) in [6, 6.07) is 10.2. The largest absolute Gasteiger partial charge is 0.366 e. The van der Waals surface area contributed by atoms with E-state index in [4.69, 9.17) is 11.6 Å². The summed E-state index contributed by atoms with van der Waals surface area (Å²) in [4.78, 5) is 6.28. The minimum absolute atomic E-state index is 0.332. The summed E-state index contributed by atoms with van der Waals surface area (Å²) < 4.78 is 13.8. The lowest BCUT2D eigenvalue weighted by Crippen LogP contribution is -2.14. The van der Waals surface area contributed by atoms with Gasteiger partial charge in [-0.25, -0.2) is 9.38 Å². The van der Waals surface area contributed by atoms with Gasteiger partial charge >= 0.3 is 0 Å². The van der Waals surface area contributed by atoms with Gasteiger partial charge in [-0.1, -0.05) is 17.7 Å².